The SMILES string of the molecule is CC1(C)c2ccccc2-c2c(-c3nc(-c4ccc(-c5ccc6sc7ccccc7c6c5)cc4)nc(-c4cccc(-c5cccnc5)c4)n3)cccc21. The van der Waals surface area contributed by atoms with Gasteiger partial charge in [0.1, 0.15) is 0 Å². The Morgan fingerprint density at radius 3 is 1.94 bits per heavy atom. The maximum absolute atomic E-state index is 5.22. The quantitative estimate of drug-likeness (QED) is 0.181. The van der Waals surface area contributed by atoms with Gasteiger partial charge in [0.15, 0.2) is 17.5 Å². The summed E-state index contributed by atoms with van der Waals surface area (Å²) in [5, 5.41) is 2.60. The molecule has 0 spiro atoms. The van der Waals surface area contributed by atoms with E-state index in [1.54, 1.807) is 6.20 Å². The Hall–Kier alpha value is -6.30. The van der Waals surface area contributed by atoms with Gasteiger partial charge in [-0.05, 0) is 69.3 Å². The van der Waals surface area contributed by atoms with E-state index in [2.05, 4.69) is 158 Å². The molecule has 3 aromatic heterocycles. The number of nitrogens with zero attached hydrogens (tertiary/aromatic N) is 4. The molecule has 52 heavy (non-hydrogen) atoms. The van der Waals surface area contributed by atoms with Crippen LogP contribution in [0.25, 0.3) is 87.7 Å². The van der Waals surface area contributed by atoms with Crippen LogP contribution >= 0.6 is 11.3 Å². The van der Waals surface area contributed by atoms with Gasteiger partial charge in [-0.2, -0.15) is 0 Å². The maximum Gasteiger partial charge on any atom is 0.164 e. The lowest BCUT2D eigenvalue weighted by molar-refractivity contribution is 0.660. The molecule has 0 atom stereocenters. The molecular formula is C47H32N4S. The molecule has 0 aliphatic heterocycles. The second kappa shape index (κ2) is 11.9. The molecule has 4 nitrogen and oxygen atoms in total. The van der Waals surface area contributed by atoms with E-state index >= 15 is 0 Å². The van der Waals surface area contributed by atoms with E-state index in [9.17, 15) is 0 Å². The molecule has 10 rings (SSSR count). The second-order valence-corrected chi connectivity index (χ2v) is 15.0. The van der Waals surface area contributed by atoms with Crippen LogP contribution in [0.2, 0.25) is 0 Å². The number of pyridine rings is 1. The summed E-state index contributed by atoms with van der Waals surface area (Å²) in [5.74, 6) is 1.93. The van der Waals surface area contributed by atoms with Gasteiger partial charge in [0, 0.05) is 60.2 Å². The maximum atomic E-state index is 5.22. The zero-order valence-corrected chi connectivity index (χ0v) is 29.5. The topological polar surface area (TPSA) is 51.6 Å². The molecule has 5 heteroatoms. The van der Waals surface area contributed by atoms with Gasteiger partial charge in [-0.25, -0.2) is 15.0 Å². The molecule has 6 aromatic carbocycles. The monoisotopic (exact) mass is 684 g/mol. The van der Waals surface area contributed by atoms with E-state index in [1.165, 1.54) is 48.0 Å². The first kappa shape index (κ1) is 30.5. The van der Waals surface area contributed by atoms with Crippen molar-refractivity contribution < 1.29 is 0 Å². The molecule has 0 radical (unpaired) electrons. The van der Waals surface area contributed by atoms with Gasteiger partial charge in [0.05, 0.1) is 0 Å². The van der Waals surface area contributed by atoms with Crippen molar-refractivity contribution in [2.45, 2.75) is 19.3 Å². The smallest absolute Gasteiger partial charge is 0.164 e. The highest BCUT2D eigenvalue weighted by Gasteiger charge is 2.37. The summed E-state index contributed by atoms with van der Waals surface area (Å²) in [6, 6.07) is 51.7. The van der Waals surface area contributed by atoms with E-state index in [0.717, 1.165) is 33.4 Å². The van der Waals surface area contributed by atoms with E-state index < -0.39 is 0 Å². The first-order chi connectivity index (χ1) is 25.5. The van der Waals surface area contributed by atoms with E-state index in [1.807, 2.05) is 23.6 Å². The number of rotatable bonds is 5. The third-order valence-electron chi connectivity index (χ3n) is 10.5. The van der Waals surface area contributed by atoms with Crippen molar-refractivity contribution in [1.29, 1.82) is 0 Å². The minimum absolute atomic E-state index is 0.132. The minimum Gasteiger partial charge on any atom is -0.264 e. The number of hydrogen-bond acceptors (Lipinski definition) is 5. The average molecular weight is 685 g/mol. The lowest BCUT2D eigenvalue weighted by atomic mass is 9.82. The second-order valence-electron chi connectivity index (χ2n) is 13.9. The Labute approximate surface area is 306 Å². The van der Waals surface area contributed by atoms with Crippen molar-refractivity contribution in [1.82, 2.24) is 19.9 Å². The summed E-state index contributed by atoms with van der Waals surface area (Å²) in [5.41, 5.74) is 12.2. The number of fused-ring (bicyclic) bond motifs is 6. The molecule has 1 aliphatic rings. The van der Waals surface area contributed by atoms with Crippen LogP contribution in [0.3, 0.4) is 0 Å². The van der Waals surface area contributed by atoms with Gasteiger partial charge < -0.3 is 0 Å². The largest absolute Gasteiger partial charge is 0.264 e. The van der Waals surface area contributed by atoms with Crippen molar-refractivity contribution in [2.24, 2.45) is 0 Å². The Morgan fingerprint density at radius 1 is 0.442 bits per heavy atom. The third kappa shape index (κ3) is 4.96. The van der Waals surface area contributed by atoms with Crippen LogP contribution in [-0.4, -0.2) is 19.9 Å². The highest BCUT2D eigenvalue weighted by molar-refractivity contribution is 7.25. The molecular weight excluding hydrogens is 653 g/mol. The van der Waals surface area contributed by atoms with Crippen molar-refractivity contribution in [2.75, 3.05) is 0 Å². The summed E-state index contributed by atoms with van der Waals surface area (Å²) in [4.78, 5) is 19.9. The zero-order valence-electron chi connectivity index (χ0n) is 28.7. The van der Waals surface area contributed by atoms with Gasteiger partial charge in [-0.3, -0.25) is 4.98 Å². The normalized spacial score (nSPS) is 13.0. The lowest BCUT2D eigenvalue weighted by Crippen LogP contribution is -2.14. The fourth-order valence-electron chi connectivity index (χ4n) is 7.78. The molecule has 0 saturated carbocycles. The van der Waals surface area contributed by atoms with Crippen molar-refractivity contribution in [3.63, 3.8) is 0 Å². The fraction of sp³-hybridized carbons (Fsp3) is 0.0638. The van der Waals surface area contributed by atoms with Crippen molar-refractivity contribution >= 4 is 31.5 Å². The van der Waals surface area contributed by atoms with Crippen LogP contribution in [0, 0.1) is 0 Å². The molecule has 9 aromatic rings. The van der Waals surface area contributed by atoms with Crippen LogP contribution in [0.5, 0.6) is 0 Å². The van der Waals surface area contributed by atoms with Gasteiger partial charge in [-0.15, -0.1) is 11.3 Å². The number of thiophene rings is 1. The molecule has 0 N–H and O–H groups in total. The zero-order chi connectivity index (χ0) is 34.8. The number of aromatic nitrogens is 4. The molecule has 0 fully saturated rings. The van der Waals surface area contributed by atoms with Gasteiger partial charge in [0.2, 0.25) is 0 Å². The van der Waals surface area contributed by atoms with Crippen LogP contribution in [0.15, 0.2) is 158 Å². The van der Waals surface area contributed by atoms with Gasteiger partial charge >= 0.3 is 0 Å². The first-order valence-corrected chi connectivity index (χ1v) is 18.4. The van der Waals surface area contributed by atoms with Crippen LogP contribution in [0.4, 0.5) is 0 Å². The van der Waals surface area contributed by atoms with E-state index in [0.29, 0.717) is 17.5 Å². The first-order valence-electron chi connectivity index (χ1n) is 17.5. The lowest BCUT2D eigenvalue weighted by Gasteiger charge is -2.21. The summed E-state index contributed by atoms with van der Waals surface area (Å²) in [6.07, 6.45) is 3.68. The highest BCUT2D eigenvalue weighted by Crippen LogP contribution is 2.51. The molecule has 0 bridgehead atoms. The Bertz CT molecular complexity index is 2820. The predicted molar refractivity (Wildman–Crippen MR) is 215 cm³/mol. The van der Waals surface area contributed by atoms with E-state index in [4.69, 9.17) is 15.0 Å². The molecule has 246 valence electrons. The van der Waals surface area contributed by atoms with Gasteiger partial charge in [-0.1, -0.05) is 129 Å². The van der Waals surface area contributed by atoms with Crippen LogP contribution < -0.4 is 0 Å². The standard InChI is InChI=1S/C47H32N4S/c1-47(2)39-16-5-3-14-36(39)43-37(15-8-17-40(43)47)46-50-44(49-45(51-46)33-11-7-10-31(26-33)34-12-9-25-48-28-34)30-21-19-29(20-22-30)32-23-24-42-38(27-32)35-13-4-6-18-41(35)52-42/h3-28H,1-2H3. The Morgan fingerprint density at radius 2 is 1.08 bits per heavy atom. The van der Waals surface area contributed by atoms with Crippen LogP contribution in [-0.2, 0) is 5.41 Å². The Kier molecular flexibility index (Phi) is 6.98. The van der Waals surface area contributed by atoms with Crippen molar-refractivity contribution in [3.05, 3.63) is 169 Å². The number of hydrogen-bond donors (Lipinski definition) is 0. The molecule has 1 aliphatic carbocycles. The minimum atomic E-state index is -0.132. The Balaban J connectivity index is 1.12. The molecule has 0 saturated heterocycles. The number of benzene rings is 6. The molecule has 0 unspecified atom stereocenters. The van der Waals surface area contributed by atoms with Crippen LogP contribution in [0.1, 0.15) is 25.0 Å². The summed E-state index contributed by atoms with van der Waals surface area (Å²) >= 11 is 1.84. The fourth-order valence-corrected chi connectivity index (χ4v) is 8.87. The van der Waals surface area contributed by atoms with E-state index in [-0.39, 0.29) is 5.41 Å². The summed E-state index contributed by atoms with van der Waals surface area (Å²) in [6.45, 7) is 4.60. The van der Waals surface area contributed by atoms with Gasteiger partial charge in [0.25, 0.3) is 0 Å². The molecule has 3 heterocycles. The average Bonchev–Trinajstić information content (AvgIpc) is 3.70. The summed E-state index contributed by atoms with van der Waals surface area (Å²) < 4.78 is 2.62. The van der Waals surface area contributed by atoms with Crippen molar-refractivity contribution in [3.8, 4) is 67.5 Å². The third-order valence-corrected chi connectivity index (χ3v) is 11.6. The predicted octanol–water partition coefficient (Wildman–Crippen LogP) is 12.3. The summed E-state index contributed by atoms with van der Waals surface area (Å²) in [7, 11) is 0. The highest BCUT2D eigenvalue weighted by atomic mass is 32.1. The molecule has 0 amide bonds.